The summed E-state index contributed by atoms with van der Waals surface area (Å²) in [6.07, 6.45) is 0. The van der Waals surface area contributed by atoms with E-state index in [-0.39, 0.29) is 10.6 Å². The third-order valence-electron chi connectivity index (χ3n) is 3.34. The maximum absolute atomic E-state index is 13.1. The van der Waals surface area contributed by atoms with E-state index >= 15 is 0 Å². The number of hydrogen-bond acceptors (Lipinski definition) is 5. The van der Waals surface area contributed by atoms with E-state index in [4.69, 9.17) is 4.74 Å². The van der Waals surface area contributed by atoms with Crippen molar-refractivity contribution in [3.05, 3.63) is 54.3 Å². The van der Waals surface area contributed by atoms with Gasteiger partial charge in [-0.15, -0.1) is 0 Å². The minimum Gasteiger partial charge on any atom is -0.494 e. The van der Waals surface area contributed by atoms with Gasteiger partial charge in [-0.2, -0.15) is 0 Å². The van der Waals surface area contributed by atoms with Crippen molar-refractivity contribution in [3.8, 4) is 5.75 Å². The summed E-state index contributed by atoms with van der Waals surface area (Å²) in [7, 11) is -2.91. The highest BCUT2D eigenvalue weighted by Crippen LogP contribution is 2.26. The molecule has 0 bridgehead atoms. The molecule has 0 saturated carbocycles. The highest BCUT2D eigenvalue weighted by atomic mass is 32.2. The predicted octanol–water partition coefficient (Wildman–Crippen LogP) is 2.59. The van der Waals surface area contributed by atoms with Crippen LogP contribution in [0.25, 0.3) is 0 Å². The Morgan fingerprint density at radius 1 is 1.08 bits per heavy atom. The van der Waals surface area contributed by atoms with Gasteiger partial charge in [-0.3, -0.25) is 9.10 Å². The van der Waals surface area contributed by atoms with E-state index in [2.05, 4.69) is 4.74 Å². The van der Waals surface area contributed by atoms with Crippen molar-refractivity contribution in [2.45, 2.75) is 11.8 Å². The average Bonchev–Trinajstić information content (AvgIpc) is 2.61. The second-order valence-electron chi connectivity index (χ2n) is 4.97. The number of carbonyl (C=O) groups is 1. The monoisotopic (exact) mass is 367 g/mol. The van der Waals surface area contributed by atoms with Gasteiger partial charge in [0.2, 0.25) is 0 Å². The molecule has 0 aliphatic rings. The van der Waals surface area contributed by atoms with Crippen LogP contribution in [-0.2, 0) is 19.6 Å². The molecule has 0 radical (unpaired) electrons. The summed E-state index contributed by atoms with van der Waals surface area (Å²) in [5, 5.41) is 0. The number of esters is 1. The number of anilines is 1. The zero-order chi connectivity index (χ0) is 18.4. The number of carbonyl (C=O) groups excluding carboxylic acids is 1. The minimum atomic E-state index is -4.08. The smallest absolute Gasteiger partial charge is 0.326 e. The van der Waals surface area contributed by atoms with Crippen LogP contribution >= 0.6 is 0 Å². The largest absolute Gasteiger partial charge is 0.494 e. The molecule has 134 valence electrons. The molecule has 2 aromatic rings. The molecule has 0 aliphatic carbocycles. The van der Waals surface area contributed by atoms with E-state index < -0.39 is 28.4 Å². The normalized spacial score (nSPS) is 11.0. The number of hydrogen-bond donors (Lipinski definition) is 0. The lowest BCUT2D eigenvalue weighted by Crippen LogP contribution is -2.36. The number of methoxy groups -OCH3 is 1. The Labute approximate surface area is 145 Å². The number of rotatable bonds is 7. The lowest BCUT2D eigenvalue weighted by atomic mass is 10.3. The van der Waals surface area contributed by atoms with E-state index in [1.54, 1.807) is 12.1 Å². The minimum absolute atomic E-state index is 0.133. The second kappa shape index (κ2) is 7.98. The molecular formula is C17H18FNO5S. The second-order valence-corrected chi connectivity index (χ2v) is 6.83. The van der Waals surface area contributed by atoms with Crippen LogP contribution in [0.15, 0.2) is 53.4 Å². The number of ether oxygens (including phenoxy) is 2. The molecule has 2 aromatic carbocycles. The molecule has 6 nitrogen and oxygen atoms in total. The zero-order valence-electron chi connectivity index (χ0n) is 13.8. The van der Waals surface area contributed by atoms with E-state index in [1.165, 1.54) is 19.2 Å². The molecule has 0 N–H and O–H groups in total. The lowest BCUT2D eigenvalue weighted by Gasteiger charge is -2.23. The summed E-state index contributed by atoms with van der Waals surface area (Å²) in [6, 6.07) is 10.6. The van der Waals surface area contributed by atoms with Gasteiger partial charge in [0.05, 0.1) is 24.3 Å². The standard InChI is InChI=1S/C17H18FNO5S/c1-3-24-15-8-6-14(7-9-15)19(12-17(20)23-2)25(21,22)16-10-4-13(18)5-11-16/h4-11H,3,12H2,1-2H3. The van der Waals surface area contributed by atoms with E-state index in [9.17, 15) is 17.6 Å². The van der Waals surface area contributed by atoms with Gasteiger partial charge >= 0.3 is 5.97 Å². The maximum Gasteiger partial charge on any atom is 0.326 e. The molecule has 0 aromatic heterocycles. The topological polar surface area (TPSA) is 72.9 Å². The fourth-order valence-electron chi connectivity index (χ4n) is 2.11. The summed E-state index contributed by atoms with van der Waals surface area (Å²) >= 11 is 0. The van der Waals surface area contributed by atoms with Crippen LogP contribution in [0.4, 0.5) is 10.1 Å². The van der Waals surface area contributed by atoms with Crippen LogP contribution in [0.3, 0.4) is 0 Å². The molecule has 0 atom stereocenters. The molecule has 0 aliphatic heterocycles. The van der Waals surface area contributed by atoms with Crippen LogP contribution in [0, 0.1) is 5.82 Å². The molecule has 0 unspecified atom stereocenters. The molecule has 0 spiro atoms. The Morgan fingerprint density at radius 3 is 2.20 bits per heavy atom. The van der Waals surface area contributed by atoms with Gasteiger partial charge in [0.15, 0.2) is 0 Å². The van der Waals surface area contributed by atoms with E-state index in [0.29, 0.717) is 12.4 Å². The van der Waals surface area contributed by atoms with Crippen LogP contribution in [0.5, 0.6) is 5.75 Å². The molecule has 0 amide bonds. The fraction of sp³-hybridized carbons (Fsp3) is 0.235. The van der Waals surface area contributed by atoms with Crippen LogP contribution in [0.1, 0.15) is 6.92 Å². The first-order chi connectivity index (χ1) is 11.9. The summed E-state index contributed by atoms with van der Waals surface area (Å²) in [4.78, 5) is 11.6. The van der Waals surface area contributed by atoms with Crippen LogP contribution in [-0.4, -0.2) is 34.6 Å². The summed E-state index contributed by atoms with van der Waals surface area (Å²) in [6.45, 7) is 1.79. The number of halogens is 1. The van der Waals surface area contributed by atoms with Gasteiger partial charge in [-0.1, -0.05) is 0 Å². The molecular weight excluding hydrogens is 349 g/mol. The number of benzene rings is 2. The van der Waals surface area contributed by atoms with Crippen LogP contribution < -0.4 is 9.04 Å². The van der Waals surface area contributed by atoms with Gasteiger partial charge in [0, 0.05) is 0 Å². The predicted molar refractivity (Wildman–Crippen MR) is 90.6 cm³/mol. The van der Waals surface area contributed by atoms with Crippen LogP contribution in [0.2, 0.25) is 0 Å². The van der Waals surface area contributed by atoms with Crippen molar-refractivity contribution in [1.29, 1.82) is 0 Å². The van der Waals surface area contributed by atoms with Gasteiger partial charge in [-0.25, -0.2) is 12.8 Å². The SMILES string of the molecule is CCOc1ccc(N(CC(=O)OC)S(=O)(=O)c2ccc(F)cc2)cc1. The molecule has 2 rings (SSSR count). The Morgan fingerprint density at radius 2 is 1.68 bits per heavy atom. The average molecular weight is 367 g/mol. The molecule has 25 heavy (non-hydrogen) atoms. The van der Waals surface area contributed by atoms with Crippen molar-refractivity contribution >= 4 is 21.7 Å². The van der Waals surface area contributed by atoms with Gasteiger partial charge in [-0.05, 0) is 55.5 Å². The molecule has 0 saturated heterocycles. The Kier molecular flexibility index (Phi) is 5.97. The number of sulfonamides is 1. The fourth-order valence-corrected chi connectivity index (χ4v) is 3.52. The summed E-state index contributed by atoms with van der Waals surface area (Å²) < 4.78 is 49.6. The Balaban J connectivity index is 2.44. The quantitative estimate of drug-likeness (QED) is 0.704. The molecule has 0 fully saturated rings. The third kappa shape index (κ3) is 4.48. The van der Waals surface area contributed by atoms with Gasteiger partial charge in [0.1, 0.15) is 18.1 Å². The summed E-state index contributed by atoms with van der Waals surface area (Å²) in [5.74, 6) is -0.706. The van der Waals surface area contributed by atoms with Crippen molar-refractivity contribution in [2.75, 3.05) is 24.6 Å². The maximum atomic E-state index is 13.1. The Bertz CT molecular complexity index is 819. The van der Waals surface area contributed by atoms with E-state index in [1.807, 2.05) is 6.92 Å². The van der Waals surface area contributed by atoms with Crippen molar-refractivity contribution in [1.82, 2.24) is 0 Å². The number of nitrogens with zero attached hydrogens (tertiary/aromatic N) is 1. The third-order valence-corrected chi connectivity index (χ3v) is 5.13. The lowest BCUT2D eigenvalue weighted by molar-refractivity contribution is -0.138. The highest BCUT2D eigenvalue weighted by Gasteiger charge is 2.27. The first-order valence-electron chi connectivity index (χ1n) is 7.46. The van der Waals surface area contributed by atoms with Gasteiger partial charge in [0.25, 0.3) is 10.0 Å². The van der Waals surface area contributed by atoms with Crippen molar-refractivity contribution in [3.63, 3.8) is 0 Å². The van der Waals surface area contributed by atoms with Crippen molar-refractivity contribution < 1.29 is 27.1 Å². The van der Waals surface area contributed by atoms with E-state index in [0.717, 1.165) is 28.6 Å². The van der Waals surface area contributed by atoms with Gasteiger partial charge < -0.3 is 9.47 Å². The first-order valence-corrected chi connectivity index (χ1v) is 8.90. The van der Waals surface area contributed by atoms with Crippen molar-refractivity contribution in [2.24, 2.45) is 0 Å². The zero-order valence-corrected chi connectivity index (χ0v) is 14.6. The highest BCUT2D eigenvalue weighted by molar-refractivity contribution is 7.92. The Hall–Kier alpha value is -2.61. The molecule has 0 heterocycles. The molecule has 8 heteroatoms. The summed E-state index contributed by atoms with van der Waals surface area (Å²) in [5.41, 5.74) is 0.262. The first kappa shape index (κ1) is 18.7.